The summed E-state index contributed by atoms with van der Waals surface area (Å²) in [4.78, 5) is 37.8. The van der Waals surface area contributed by atoms with Crippen molar-refractivity contribution in [2.45, 2.75) is 103 Å². The molecule has 4 rings (SSSR count). The molecule has 0 radical (unpaired) electrons. The molecule has 36 heavy (non-hydrogen) atoms. The maximum absolute atomic E-state index is 12.7. The molecule has 0 spiro atoms. The third-order valence-electron chi connectivity index (χ3n) is 10.7. The van der Waals surface area contributed by atoms with Crippen LogP contribution >= 0.6 is 0 Å². The average molecular weight is 505 g/mol. The molecule has 7 nitrogen and oxygen atoms in total. The van der Waals surface area contributed by atoms with Gasteiger partial charge in [-0.2, -0.15) is 0 Å². The summed E-state index contributed by atoms with van der Waals surface area (Å²) in [5, 5.41) is 32.6. The molecule has 7 heteroatoms. The van der Waals surface area contributed by atoms with E-state index in [1.165, 1.54) is 0 Å². The molecule has 0 heterocycles. The van der Waals surface area contributed by atoms with Crippen LogP contribution in [-0.4, -0.2) is 57.8 Å². The van der Waals surface area contributed by atoms with Gasteiger partial charge in [-0.15, -0.1) is 0 Å². The minimum Gasteiger partial charge on any atom is -0.466 e. The summed E-state index contributed by atoms with van der Waals surface area (Å²) in [6, 6.07) is 0. The quantitative estimate of drug-likeness (QED) is 0.324. The number of allylic oxidation sites excluding steroid dienone is 1. The van der Waals surface area contributed by atoms with Gasteiger partial charge in [-0.1, -0.05) is 39.2 Å². The smallest absolute Gasteiger partial charge is 0.305 e. The van der Waals surface area contributed by atoms with Crippen LogP contribution < -0.4 is 0 Å². The van der Waals surface area contributed by atoms with Gasteiger partial charge in [-0.3, -0.25) is 14.4 Å². The van der Waals surface area contributed by atoms with E-state index in [4.69, 9.17) is 4.74 Å². The molecular weight excluding hydrogens is 460 g/mol. The molecule has 3 N–H and O–H groups in total. The van der Waals surface area contributed by atoms with E-state index in [-0.39, 0.29) is 48.3 Å². The van der Waals surface area contributed by atoms with Crippen LogP contribution in [0.15, 0.2) is 11.6 Å². The third-order valence-corrected chi connectivity index (χ3v) is 10.7. The number of rotatable bonds is 9. The van der Waals surface area contributed by atoms with Crippen LogP contribution in [-0.2, 0) is 19.1 Å². The Morgan fingerprint density at radius 2 is 1.94 bits per heavy atom. The Hall–Kier alpha value is -1.57. The SMILES string of the molecule is CCCCCOC(=O)CCC1CC(=O)C=C2CC[C@@H]3[C@H]([C@@H](O)C[C@@]4(C)[C@H]3CC[C@]4(O)C(=O)CO)[C@]21C. The van der Waals surface area contributed by atoms with Crippen LogP contribution in [0.4, 0.5) is 0 Å². The molecule has 8 atom stereocenters. The normalized spacial score (nSPS) is 41.7. The van der Waals surface area contributed by atoms with Gasteiger partial charge in [0.2, 0.25) is 0 Å². The number of hydrogen-bond acceptors (Lipinski definition) is 7. The minimum absolute atomic E-state index is 0.0478. The van der Waals surface area contributed by atoms with E-state index in [9.17, 15) is 29.7 Å². The highest BCUT2D eigenvalue weighted by atomic mass is 16.5. The molecule has 0 aromatic rings. The highest BCUT2D eigenvalue weighted by Gasteiger charge is 2.69. The summed E-state index contributed by atoms with van der Waals surface area (Å²) in [7, 11) is 0. The molecule has 4 aliphatic rings. The number of hydrogen-bond donors (Lipinski definition) is 3. The van der Waals surface area contributed by atoms with Crippen molar-refractivity contribution < 1.29 is 34.4 Å². The highest BCUT2D eigenvalue weighted by molar-refractivity contribution is 5.92. The minimum atomic E-state index is -1.63. The Morgan fingerprint density at radius 3 is 2.64 bits per heavy atom. The lowest BCUT2D eigenvalue weighted by Gasteiger charge is -2.62. The number of carbonyl (C=O) groups excluding carboxylic acids is 3. The van der Waals surface area contributed by atoms with Crippen LogP contribution in [0.3, 0.4) is 0 Å². The lowest BCUT2D eigenvalue weighted by atomic mass is 9.43. The molecule has 1 unspecified atom stereocenters. The van der Waals surface area contributed by atoms with E-state index >= 15 is 0 Å². The molecular formula is C29H44O7. The predicted molar refractivity (Wildman–Crippen MR) is 134 cm³/mol. The van der Waals surface area contributed by atoms with Crippen LogP contribution in [0.2, 0.25) is 0 Å². The van der Waals surface area contributed by atoms with E-state index in [0.29, 0.717) is 32.3 Å². The second-order valence-corrected chi connectivity index (χ2v) is 12.3. The number of ether oxygens (including phenoxy) is 1. The molecule has 0 bridgehead atoms. The number of aliphatic hydroxyl groups is 3. The standard InChI is InChI=1S/C29H44O7/c1-4-5-6-13-36-25(34)10-8-19-15-20(31)14-18-7-9-21-22-11-12-29(35,24(33)17-30)27(22,2)16-23(32)26(21)28(18,19)3/h14,19,21-23,26,30,32,35H,4-13,15-17H2,1-3H3/t19?,21-,22-,23-,26+,27-,28+,29-/m0/s1. The van der Waals surface area contributed by atoms with Gasteiger partial charge in [0, 0.05) is 18.3 Å². The van der Waals surface area contributed by atoms with E-state index in [0.717, 1.165) is 37.7 Å². The largest absolute Gasteiger partial charge is 0.466 e. The maximum Gasteiger partial charge on any atom is 0.305 e. The topological polar surface area (TPSA) is 121 Å². The van der Waals surface area contributed by atoms with Gasteiger partial charge < -0.3 is 20.1 Å². The van der Waals surface area contributed by atoms with E-state index in [2.05, 4.69) is 13.8 Å². The van der Waals surface area contributed by atoms with Crippen LogP contribution in [0.5, 0.6) is 0 Å². The van der Waals surface area contributed by atoms with Crippen molar-refractivity contribution in [2.24, 2.45) is 34.5 Å². The number of Topliss-reactive ketones (excluding diaryl/α,β-unsaturated/α-hetero) is 1. The number of carbonyl (C=O) groups is 3. The summed E-state index contributed by atoms with van der Waals surface area (Å²) in [5.74, 6) is -0.740. The van der Waals surface area contributed by atoms with Crippen molar-refractivity contribution in [1.82, 2.24) is 0 Å². The Labute approximate surface area is 214 Å². The summed E-state index contributed by atoms with van der Waals surface area (Å²) >= 11 is 0. The van der Waals surface area contributed by atoms with E-state index < -0.39 is 34.9 Å². The zero-order valence-electron chi connectivity index (χ0n) is 22.1. The molecule has 0 aliphatic heterocycles. The van der Waals surface area contributed by atoms with E-state index in [1.807, 2.05) is 6.92 Å². The van der Waals surface area contributed by atoms with Gasteiger partial charge >= 0.3 is 5.97 Å². The molecule has 3 fully saturated rings. The molecule has 0 aromatic heterocycles. The molecule has 0 amide bonds. The first-order valence-electron chi connectivity index (χ1n) is 14.0. The fraction of sp³-hybridized carbons (Fsp3) is 0.828. The Balaban J connectivity index is 1.58. The van der Waals surface area contributed by atoms with Crippen molar-refractivity contribution in [1.29, 1.82) is 0 Å². The number of ketones is 2. The van der Waals surface area contributed by atoms with Gasteiger partial charge in [0.1, 0.15) is 12.2 Å². The van der Waals surface area contributed by atoms with Gasteiger partial charge in [0.05, 0.1) is 12.7 Å². The Bertz CT molecular complexity index is 911. The van der Waals surface area contributed by atoms with Crippen molar-refractivity contribution in [3.8, 4) is 0 Å². The van der Waals surface area contributed by atoms with Gasteiger partial charge in [-0.25, -0.2) is 0 Å². The summed E-state index contributed by atoms with van der Waals surface area (Å²) in [6.07, 6.45) is 7.91. The lowest BCUT2D eigenvalue weighted by molar-refractivity contribution is -0.186. The monoisotopic (exact) mass is 504 g/mol. The van der Waals surface area contributed by atoms with Gasteiger partial charge in [0.25, 0.3) is 0 Å². The highest BCUT2D eigenvalue weighted by Crippen LogP contribution is 2.68. The zero-order valence-corrected chi connectivity index (χ0v) is 22.1. The maximum atomic E-state index is 12.7. The molecule has 3 saturated carbocycles. The first-order valence-corrected chi connectivity index (χ1v) is 14.0. The molecule has 202 valence electrons. The number of fused-ring (bicyclic) bond motifs is 5. The van der Waals surface area contributed by atoms with Crippen molar-refractivity contribution in [3.05, 3.63) is 11.6 Å². The third kappa shape index (κ3) is 4.29. The summed E-state index contributed by atoms with van der Waals surface area (Å²) in [5.41, 5.74) is -1.78. The first kappa shape index (κ1) is 27.5. The first-order chi connectivity index (χ1) is 17.0. The van der Waals surface area contributed by atoms with Crippen LogP contribution in [0.25, 0.3) is 0 Å². The molecule has 0 saturated heterocycles. The molecule has 4 aliphatic carbocycles. The number of esters is 1. The van der Waals surface area contributed by atoms with Crippen LogP contribution in [0.1, 0.15) is 91.4 Å². The fourth-order valence-electron chi connectivity index (χ4n) is 8.77. The van der Waals surface area contributed by atoms with Crippen molar-refractivity contribution in [3.63, 3.8) is 0 Å². The second kappa shape index (κ2) is 10.3. The van der Waals surface area contributed by atoms with Crippen molar-refractivity contribution in [2.75, 3.05) is 13.2 Å². The fourth-order valence-corrected chi connectivity index (χ4v) is 8.77. The average Bonchev–Trinajstić information content (AvgIpc) is 3.11. The summed E-state index contributed by atoms with van der Waals surface area (Å²) < 4.78 is 5.42. The summed E-state index contributed by atoms with van der Waals surface area (Å²) in [6.45, 7) is 5.89. The Morgan fingerprint density at radius 1 is 1.19 bits per heavy atom. The van der Waals surface area contributed by atoms with Crippen molar-refractivity contribution >= 4 is 17.5 Å². The predicted octanol–water partition coefficient (Wildman–Crippen LogP) is 3.52. The zero-order chi connectivity index (χ0) is 26.3. The number of aliphatic hydroxyl groups excluding tert-OH is 2. The second-order valence-electron chi connectivity index (χ2n) is 12.3. The lowest BCUT2D eigenvalue weighted by Crippen LogP contribution is -2.63. The van der Waals surface area contributed by atoms with Gasteiger partial charge in [0.15, 0.2) is 11.6 Å². The van der Waals surface area contributed by atoms with Gasteiger partial charge in [-0.05, 0) is 80.1 Å². The van der Waals surface area contributed by atoms with E-state index in [1.54, 1.807) is 6.08 Å². The Kier molecular flexibility index (Phi) is 7.86. The number of unbranched alkanes of at least 4 members (excludes halogenated alkanes) is 2. The molecule has 0 aromatic carbocycles. The van der Waals surface area contributed by atoms with Crippen LogP contribution in [0, 0.1) is 34.5 Å².